The molecule has 5 nitrogen and oxygen atoms in total. The first-order valence-electron chi connectivity index (χ1n) is 7.20. The summed E-state index contributed by atoms with van der Waals surface area (Å²) in [5.74, 6) is 0.957. The van der Waals surface area contributed by atoms with Gasteiger partial charge in [-0.15, -0.1) is 0 Å². The lowest BCUT2D eigenvalue weighted by Gasteiger charge is -2.13. The molecule has 0 fully saturated rings. The smallest absolute Gasteiger partial charge is 0.159 e. The number of aromatic nitrogens is 2. The molecular weight excluding hydrogens is 345 g/mol. The number of hydrogen-bond acceptors (Lipinski definition) is 5. The van der Waals surface area contributed by atoms with Crippen LogP contribution < -0.4 is 16.4 Å². The van der Waals surface area contributed by atoms with Gasteiger partial charge in [-0.3, -0.25) is 0 Å². The van der Waals surface area contributed by atoms with Gasteiger partial charge < -0.3 is 16.4 Å². The molecule has 122 valence electrons. The molecular formula is C17H15Cl2N5. The predicted octanol–water partition coefficient (Wildman–Crippen LogP) is 5.16. The summed E-state index contributed by atoms with van der Waals surface area (Å²) < 4.78 is 0. The molecule has 0 radical (unpaired) electrons. The molecule has 0 aliphatic heterocycles. The fraction of sp³-hybridized carbons (Fsp3) is 0.0588. The van der Waals surface area contributed by atoms with Gasteiger partial charge in [-0.2, -0.15) is 0 Å². The zero-order valence-corrected chi connectivity index (χ0v) is 14.4. The van der Waals surface area contributed by atoms with Gasteiger partial charge in [-0.1, -0.05) is 41.4 Å². The van der Waals surface area contributed by atoms with Crippen LogP contribution in [0.4, 0.5) is 28.7 Å². The number of rotatable bonds is 4. The molecule has 2 aromatic carbocycles. The van der Waals surface area contributed by atoms with Crippen LogP contribution in [0.2, 0.25) is 10.0 Å². The lowest BCUT2D eigenvalue weighted by molar-refractivity contribution is 1.17. The molecule has 0 saturated heterocycles. The number of aryl methyl sites for hydroxylation is 1. The summed E-state index contributed by atoms with van der Waals surface area (Å²) in [5.41, 5.74) is 9.06. The minimum absolute atomic E-state index is 0.383. The van der Waals surface area contributed by atoms with E-state index >= 15 is 0 Å². The number of para-hydroxylation sites is 1. The van der Waals surface area contributed by atoms with Crippen LogP contribution in [0.25, 0.3) is 0 Å². The number of anilines is 5. The molecule has 7 heteroatoms. The molecule has 0 aliphatic carbocycles. The maximum Gasteiger partial charge on any atom is 0.159 e. The third kappa shape index (κ3) is 3.53. The number of nitrogens with one attached hydrogen (secondary N) is 2. The van der Waals surface area contributed by atoms with Gasteiger partial charge >= 0.3 is 0 Å². The Labute approximate surface area is 149 Å². The second kappa shape index (κ2) is 6.95. The van der Waals surface area contributed by atoms with Crippen molar-refractivity contribution in [2.45, 2.75) is 6.92 Å². The first-order valence-corrected chi connectivity index (χ1v) is 7.95. The molecule has 0 aliphatic rings. The summed E-state index contributed by atoms with van der Waals surface area (Å²) >= 11 is 12.3. The number of hydrogen-bond donors (Lipinski definition) is 3. The van der Waals surface area contributed by atoms with Crippen molar-refractivity contribution in [1.29, 1.82) is 0 Å². The molecule has 4 N–H and O–H groups in total. The summed E-state index contributed by atoms with van der Waals surface area (Å²) in [5, 5.41) is 7.51. The molecule has 0 unspecified atom stereocenters. The Kier molecular flexibility index (Phi) is 4.74. The molecule has 0 saturated carbocycles. The maximum absolute atomic E-state index is 6.17. The zero-order valence-electron chi connectivity index (χ0n) is 12.8. The van der Waals surface area contributed by atoms with Gasteiger partial charge in [0, 0.05) is 10.7 Å². The second-order valence-corrected chi connectivity index (χ2v) is 5.99. The highest BCUT2D eigenvalue weighted by atomic mass is 35.5. The molecule has 1 aromatic heterocycles. The first kappa shape index (κ1) is 16.4. The lowest BCUT2D eigenvalue weighted by Crippen LogP contribution is -2.05. The van der Waals surface area contributed by atoms with Crippen molar-refractivity contribution in [2.75, 3.05) is 16.4 Å². The average molecular weight is 360 g/mol. The van der Waals surface area contributed by atoms with Gasteiger partial charge in [-0.05, 0) is 36.8 Å². The van der Waals surface area contributed by atoms with Crippen molar-refractivity contribution in [3.05, 3.63) is 64.4 Å². The van der Waals surface area contributed by atoms with E-state index in [1.165, 1.54) is 6.33 Å². The minimum atomic E-state index is 0.383. The highest BCUT2D eigenvalue weighted by molar-refractivity contribution is 6.33. The van der Waals surface area contributed by atoms with E-state index in [-0.39, 0.29) is 0 Å². The molecule has 0 bridgehead atoms. The van der Waals surface area contributed by atoms with Crippen molar-refractivity contribution in [3.63, 3.8) is 0 Å². The molecule has 0 atom stereocenters. The standard InChI is InChI=1S/C17H15Cl2N5/c1-10-6-7-11(8-13(10)19)23-16-15(20)17(22-9-21-16)24-14-5-3-2-4-12(14)18/h2-9H,20H2,1H3,(H2,21,22,23,24). The summed E-state index contributed by atoms with van der Waals surface area (Å²) in [6, 6.07) is 13.0. The number of nitrogen functional groups attached to an aromatic ring is 1. The van der Waals surface area contributed by atoms with Crippen LogP contribution in [0.15, 0.2) is 48.8 Å². The fourth-order valence-corrected chi connectivity index (χ4v) is 2.46. The van der Waals surface area contributed by atoms with Crippen molar-refractivity contribution in [1.82, 2.24) is 9.97 Å². The van der Waals surface area contributed by atoms with Crippen molar-refractivity contribution in [3.8, 4) is 0 Å². The Morgan fingerprint density at radius 3 is 2.33 bits per heavy atom. The Balaban J connectivity index is 1.88. The lowest BCUT2D eigenvalue weighted by atomic mass is 10.2. The third-order valence-electron chi connectivity index (χ3n) is 3.45. The summed E-state index contributed by atoms with van der Waals surface area (Å²) in [4.78, 5) is 8.36. The molecule has 0 spiro atoms. The maximum atomic E-state index is 6.17. The molecule has 3 rings (SSSR count). The van der Waals surface area contributed by atoms with Crippen molar-refractivity contribution >= 4 is 51.9 Å². The first-order chi connectivity index (χ1) is 11.5. The fourth-order valence-electron chi connectivity index (χ4n) is 2.09. The van der Waals surface area contributed by atoms with Gasteiger partial charge in [0.2, 0.25) is 0 Å². The van der Waals surface area contributed by atoms with Crippen molar-refractivity contribution < 1.29 is 0 Å². The van der Waals surface area contributed by atoms with Crippen LogP contribution >= 0.6 is 23.2 Å². The van der Waals surface area contributed by atoms with Gasteiger partial charge in [-0.25, -0.2) is 9.97 Å². The SMILES string of the molecule is Cc1ccc(Nc2ncnc(Nc3ccccc3Cl)c2N)cc1Cl. The normalized spacial score (nSPS) is 10.5. The number of halogens is 2. The number of nitrogens with two attached hydrogens (primary N) is 1. The predicted molar refractivity (Wildman–Crippen MR) is 101 cm³/mol. The van der Waals surface area contributed by atoms with Crippen LogP contribution in [0, 0.1) is 6.92 Å². The Hall–Kier alpha value is -2.50. The van der Waals surface area contributed by atoms with Crippen LogP contribution in [0.1, 0.15) is 5.56 Å². The van der Waals surface area contributed by atoms with Crippen LogP contribution in [-0.2, 0) is 0 Å². The van der Waals surface area contributed by atoms with Crippen LogP contribution in [-0.4, -0.2) is 9.97 Å². The Bertz CT molecular complexity index is 883. The highest BCUT2D eigenvalue weighted by Crippen LogP contribution is 2.31. The van der Waals surface area contributed by atoms with Gasteiger partial charge in [0.15, 0.2) is 11.6 Å². The van der Waals surface area contributed by atoms with E-state index in [2.05, 4.69) is 20.6 Å². The molecule has 0 amide bonds. The Morgan fingerprint density at radius 2 is 1.62 bits per heavy atom. The average Bonchev–Trinajstić information content (AvgIpc) is 2.57. The van der Waals surface area contributed by atoms with E-state index < -0.39 is 0 Å². The molecule has 24 heavy (non-hydrogen) atoms. The van der Waals surface area contributed by atoms with E-state index in [1.807, 2.05) is 43.3 Å². The van der Waals surface area contributed by atoms with E-state index in [4.69, 9.17) is 28.9 Å². The minimum Gasteiger partial charge on any atom is -0.393 e. The topological polar surface area (TPSA) is 75.9 Å². The van der Waals surface area contributed by atoms with Crippen LogP contribution in [0.3, 0.4) is 0 Å². The number of nitrogens with zero attached hydrogens (tertiary/aromatic N) is 2. The monoisotopic (exact) mass is 359 g/mol. The van der Waals surface area contributed by atoms with E-state index in [1.54, 1.807) is 6.07 Å². The molecule has 3 aromatic rings. The largest absolute Gasteiger partial charge is 0.393 e. The van der Waals surface area contributed by atoms with Gasteiger partial charge in [0.1, 0.15) is 12.0 Å². The summed E-state index contributed by atoms with van der Waals surface area (Å²) in [6.45, 7) is 1.94. The quantitative estimate of drug-likeness (QED) is 0.599. The summed E-state index contributed by atoms with van der Waals surface area (Å²) in [6.07, 6.45) is 1.42. The van der Waals surface area contributed by atoms with E-state index in [9.17, 15) is 0 Å². The van der Waals surface area contributed by atoms with Gasteiger partial charge in [0.25, 0.3) is 0 Å². The molecule has 1 heterocycles. The summed E-state index contributed by atoms with van der Waals surface area (Å²) in [7, 11) is 0. The number of benzene rings is 2. The van der Waals surface area contributed by atoms with Crippen LogP contribution in [0.5, 0.6) is 0 Å². The zero-order chi connectivity index (χ0) is 17.1. The highest BCUT2D eigenvalue weighted by Gasteiger charge is 2.10. The third-order valence-corrected chi connectivity index (χ3v) is 4.18. The van der Waals surface area contributed by atoms with Gasteiger partial charge in [0.05, 0.1) is 10.7 Å². The van der Waals surface area contributed by atoms with E-state index in [0.717, 1.165) is 11.3 Å². The Morgan fingerprint density at radius 1 is 0.917 bits per heavy atom. The second-order valence-electron chi connectivity index (χ2n) is 5.18. The van der Waals surface area contributed by atoms with E-state index in [0.29, 0.717) is 33.1 Å². The van der Waals surface area contributed by atoms with Crippen molar-refractivity contribution in [2.24, 2.45) is 0 Å².